The number of hydrogen-bond acceptors (Lipinski definition) is 5. The van der Waals surface area contributed by atoms with Crippen LogP contribution in [0.25, 0.3) is 20.7 Å². The van der Waals surface area contributed by atoms with Crippen LogP contribution >= 0.6 is 22.9 Å². The number of ether oxygens (including phenoxy) is 1. The zero-order chi connectivity index (χ0) is 23.1. The number of thiophene rings is 1. The summed E-state index contributed by atoms with van der Waals surface area (Å²) >= 11 is 7.87. The summed E-state index contributed by atoms with van der Waals surface area (Å²) < 4.78 is 8.01. The maximum atomic E-state index is 13.4. The smallest absolute Gasteiger partial charge is 0.271 e. The molecule has 0 saturated carbocycles. The Morgan fingerprint density at radius 2 is 1.94 bits per heavy atom. The molecule has 0 unspecified atom stereocenters. The average molecular weight is 492 g/mol. The van der Waals surface area contributed by atoms with Crippen LogP contribution in [-0.4, -0.2) is 40.8 Å². The molecule has 7 heteroatoms. The standard InChI is InChI=1S/C27H26ClN3O2S/c28-23-4-2-1-3-22(23)25-15-24-26(34-25)27(32)31(17-29-24)21-8-7-19-13-18(5-6-20(19)14-21)16-30-9-11-33-12-10-30/h1-6,13,15,17,21H,7-12,14,16H2/t21-/m0/s1. The van der Waals surface area contributed by atoms with Crippen LogP contribution in [0.2, 0.25) is 5.02 Å². The molecule has 4 aromatic rings. The van der Waals surface area contributed by atoms with Gasteiger partial charge >= 0.3 is 0 Å². The topological polar surface area (TPSA) is 47.4 Å². The minimum Gasteiger partial charge on any atom is -0.379 e. The molecular weight excluding hydrogens is 466 g/mol. The highest BCUT2D eigenvalue weighted by Crippen LogP contribution is 2.36. The third kappa shape index (κ3) is 4.20. The van der Waals surface area contributed by atoms with Crippen molar-refractivity contribution in [2.75, 3.05) is 26.3 Å². The number of halogens is 1. The first-order valence-electron chi connectivity index (χ1n) is 11.8. The third-order valence-corrected chi connectivity index (χ3v) is 8.45. The van der Waals surface area contributed by atoms with Crippen molar-refractivity contribution in [3.05, 3.63) is 86.9 Å². The Morgan fingerprint density at radius 3 is 2.79 bits per heavy atom. The fourth-order valence-corrected chi connectivity index (χ4v) is 6.50. The van der Waals surface area contributed by atoms with Gasteiger partial charge in [0.25, 0.3) is 5.56 Å². The molecule has 0 spiro atoms. The Kier molecular flexibility index (Phi) is 5.99. The van der Waals surface area contributed by atoms with Crippen molar-refractivity contribution in [2.45, 2.75) is 31.8 Å². The van der Waals surface area contributed by atoms with E-state index in [4.69, 9.17) is 16.3 Å². The number of aryl methyl sites for hydroxylation is 1. The van der Waals surface area contributed by atoms with Gasteiger partial charge in [-0.1, -0.05) is 48.0 Å². The van der Waals surface area contributed by atoms with Gasteiger partial charge in [0, 0.05) is 41.1 Å². The minimum absolute atomic E-state index is 0.0469. The summed E-state index contributed by atoms with van der Waals surface area (Å²) in [5.41, 5.74) is 5.86. The summed E-state index contributed by atoms with van der Waals surface area (Å²) in [5, 5.41) is 0.686. The molecule has 1 atom stereocenters. The summed E-state index contributed by atoms with van der Waals surface area (Å²) in [5.74, 6) is 0. The van der Waals surface area contributed by atoms with E-state index in [9.17, 15) is 4.79 Å². The highest BCUT2D eigenvalue weighted by atomic mass is 35.5. The van der Waals surface area contributed by atoms with E-state index < -0.39 is 0 Å². The summed E-state index contributed by atoms with van der Waals surface area (Å²) in [6.45, 7) is 4.62. The van der Waals surface area contributed by atoms with Gasteiger partial charge in [-0.2, -0.15) is 0 Å². The molecule has 1 aliphatic carbocycles. The third-order valence-electron chi connectivity index (χ3n) is 6.98. The molecule has 0 N–H and O–H groups in total. The van der Waals surface area contributed by atoms with Gasteiger partial charge in [0.1, 0.15) is 4.70 Å². The number of nitrogens with zero attached hydrogens (tertiary/aromatic N) is 3. The average Bonchev–Trinajstić information content (AvgIpc) is 3.30. The minimum atomic E-state index is 0.0469. The van der Waals surface area contributed by atoms with Gasteiger partial charge in [-0.3, -0.25) is 14.3 Å². The molecule has 1 saturated heterocycles. The van der Waals surface area contributed by atoms with E-state index in [0.29, 0.717) is 9.72 Å². The van der Waals surface area contributed by atoms with Gasteiger partial charge in [0.15, 0.2) is 0 Å². The normalized spacial score (nSPS) is 18.8. The number of aromatic nitrogens is 2. The van der Waals surface area contributed by atoms with E-state index >= 15 is 0 Å². The lowest BCUT2D eigenvalue weighted by Crippen LogP contribution is -2.35. The Bertz CT molecular complexity index is 1410. The molecule has 2 aromatic heterocycles. The molecule has 0 radical (unpaired) electrons. The van der Waals surface area contributed by atoms with Crippen LogP contribution in [-0.2, 0) is 24.1 Å². The summed E-state index contributed by atoms with van der Waals surface area (Å²) in [4.78, 5) is 21.5. The molecule has 0 bridgehead atoms. The predicted octanol–water partition coefficient (Wildman–Crippen LogP) is 5.34. The maximum Gasteiger partial charge on any atom is 0.271 e. The summed E-state index contributed by atoms with van der Waals surface area (Å²) in [6.07, 6.45) is 4.53. The number of rotatable bonds is 4. The van der Waals surface area contributed by atoms with Crippen LogP contribution in [0.4, 0.5) is 0 Å². The van der Waals surface area contributed by atoms with Gasteiger partial charge in [-0.25, -0.2) is 4.98 Å². The molecule has 5 nitrogen and oxygen atoms in total. The number of morpholine rings is 1. The van der Waals surface area contributed by atoms with Crippen molar-refractivity contribution in [3.63, 3.8) is 0 Å². The van der Waals surface area contributed by atoms with Crippen LogP contribution in [0, 0.1) is 0 Å². The van der Waals surface area contributed by atoms with Crippen molar-refractivity contribution in [3.8, 4) is 10.4 Å². The highest BCUT2D eigenvalue weighted by Gasteiger charge is 2.23. The number of hydrogen-bond donors (Lipinski definition) is 0. The second kappa shape index (κ2) is 9.27. The van der Waals surface area contributed by atoms with Gasteiger partial charge in [0.05, 0.1) is 25.1 Å². The zero-order valence-electron chi connectivity index (χ0n) is 18.9. The maximum absolute atomic E-state index is 13.4. The second-order valence-electron chi connectivity index (χ2n) is 9.15. The molecule has 2 aliphatic rings. The fourth-order valence-electron chi connectivity index (χ4n) is 5.12. The molecule has 2 aromatic carbocycles. The number of fused-ring (bicyclic) bond motifs is 2. The number of benzene rings is 2. The summed E-state index contributed by atoms with van der Waals surface area (Å²) in [6, 6.07) is 16.7. The van der Waals surface area contributed by atoms with Crippen LogP contribution < -0.4 is 5.56 Å². The first-order valence-corrected chi connectivity index (χ1v) is 13.0. The van der Waals surface area contributed by atoms with E-state index in [1.54, 1.807) is 6.33 Å². The lowest BCUT2D eigenvalue weighted by Gasteiger charge is -2.29. The molecule has 174 valence electrons. The quantitative estimate of drug-likeness (QED) is 0.386. The van der Waals surface area contributed by atoms with E-state index in [0.717, 1.165) is 68.1 Å². The van der Waals surface area contributed by atoms with Crippen molar-refractivity contribution in [1.82, 2.24) is 14.5 Å². The van der Waals surface area contributed by atoms with Crippen LogP contribution in [0.15, 0.2) is 59.7 Å². The van der Waals surface area contributed by atoms with E-state index in [1.807, 2.05) is 34.9 Å². The Morgan fingerprint density at radius 1 is 1.09 bits per heavy atom. The second-order valence-corrected chi connectivity index (χ2v) is 10.6. The molecule has 1 fully saturated rings. The van der Waals surface area contributed by atoms with E-state index in [1.165, 1.54) is 28.0 Å². The molecule has 1 aliphatic heterocycles. The van der Waals surface area contributed by atoms with Gasteiger partial charge in [0.2, 0.25) is 0 Å². The SMILES string of the molecule is O=c1c2sc(-c3ccccc3Cl)cc2ncn1[C@H]1CCc2cc(CN3CCOCC3)ccc2C1. The van der Waals surface area contributed by atoms with Crippen molar-refractivity contribution in [1.29, 1.82) is 0 Å². The van der Waals surface area contributed by atoms with Crippen LogP contribution in [0.5, 0.6) is 0 Å². The van der Waals surface area contributed by atoms with E-state index in [-0.39, 0.29) is 11.6 Å². The van der Waals surface area contributed by atoms with Crippen molar-refractivity contribution in [2.24, 2.45) is 0 Å². The predicted molar refractivity (Wildman–Crippen MR) is 138 cm³/mol. The summed E-state index contributed by atoms with van der Waals surface area (Å²) in [7, 11) is 0. The molecule has 3 heterocycles. The van der Waals surface area contributed by atoms with Crippen LogP contribution in [0.3, 0.4) is 0 Å². The Labute approximate surface area is 207 Å². The monoisotopic (exact) mass is 491 g/mol. The van der Waals surface area contributed by atoms with Crippen LogP contribution in [0.1, 0.15) is 29.2 Å². The molecule has 6 rings (SSSR count). The van der Waals surface area contributed by atoms with Gasteiger partial charge in [-0.05, 0) is 48.1 Å². The largest absolute Gasteiger partial charge is 0.379 e. The van der Waals surface area contributed by atoms with Gasteiger partial charge < -0.3 is 4.74 Å². The first-order chi connectivity index (χ1) is 16.7. The fraction of sp³-hybridized carbons (Fsp3) is 0.333. The molecular formula is C27H26ClN3O2S. The Hall–Kier alpha value is -2.51. The molecule has 0 amide bonds. The highest BCUT2D eigenvalue weighted by molar-refractivity contribution is 7.22. The van der Waals surface area contributed by atoms with E-state index in [2.05, 4.69) is 28.1 Å². The lowest BCUT2D eigenvalue weighted by molar-refractivity contribution is 0.0342. The molecule has 34 heavy (non-hydrogen) atoms. The lowest BCUT2D eigenvalue weighted by atomic mass is 9.87. The van der Waals surface area contributed by atoms with Crippen molar-refractivity contribution >= 4 is 33.2 Å². The first kappa shape index (κ1) is 22.0. The van der Waals surface area contributed by atoms with Gasteiger partial charge in [-0.15, -0.1) is 11.3 Å². The van der Waals surface area contributed by atoms with Crippen molar-refractivity contribution < 1.29 is 4.74 Å². The zero-order valence-corrected chi connectivity index (χ0v) is 20.4. The Balaban J connectivity index is 1.25.